The van der Waals surface area contributed by atoms with Gasteiger partial charge in [-0.1, -0.05) is 34.8 Å². The fraction of sp³-hybridized carbons (Fsp3) is 0.688. The average Bonchev–Trinajstić information content (AvgIpc) is 2.56. The van der Waals surface area contributed by atoms with Gasteiger partial charge >= 0.3 is 23.9 Å². The first-order chi connectivity index (χ1) is 13.7. The fourth-order valence-electron chi connectivity index (χ4n) is 2.56. The van der Waals surface area contributed by atoms with Crippen LogP contribution in [0.15, 0.2) is 0 Å². The molecule has 0 aliphatic carbocycles. The van der Waals surface area contributed by atoms with E-state index in [0.29, 0.717) is 0 Å². The number of alkyl halides is 3. The van der Waals surface area contributed by atoms with E-state index in [2.05, 4.69) is 5.32 Å². The minimum Gasteiger partial charge on any atom is -0.463 e. The van der Waals surface area contributed by atoms with Crippen LogP contribution >= 0.6 is 34.8 Å². The topological polar surface area (TPSA) is 144 Å². The number of rotatable bonds is 6. The number of carbonyl (C=O) groups is 5. The van der Waals surface area contributed by atoms with Gasteiger partial charge in [0.25, 0.3) is 9.70 Å². The summed E-state index contributed by atoms with van der Waals surface area (Å²) in [5.41, 5.74) is 0. The lowest BCUT2D eigenvalue weighted by atomic mass is 9.97. The Morgan fingerprint density at radius 3 is 1.70 bits per heavy atom. The van der Waals surface area contributed by atoms with Crippen molar-refractivity contribution in [1.29, 1.82) is 0 Å². The Balaban J connectivity index is 3.37. The molecule has 0 saturated carbocycles. The Morgan fingerprint density at radius 1 is 0.800 bits per heavy atom. The highest BCUT2D eigenvalue weighted by Crippen LogP contribution is 2.31. The van der Waals surface area contributed by atoms with Crippen molar-refractivity contribution in [2.75, 3.05) is 6.61 Å². The van der Waals surface area contributed by atoms with Gasteiger partial charge < -0.3 is 29.0 Å². The number of ether oxygens (including phenoxy) is 5. The molecule has 0 aromatic rings. The summed E-state index contributed by atoms with van der Waals surface area (Å²) >= 11 is 16.6. The van der Waals surface area contributed by atoms with Gasteiger partial charge in [-0.2, -0.15) is 0 Å². The van der Waals surface area contributed by atoms with E-state index in [1.165, 1.54) is 0 Å². The molecule has 0 bridgehead atoms. The molecule has 1 saturated heterocycles. The molecule has 0 aromatic heterocycles. The molecular formula is C16H20Cl3NO10. The van der Waals surface area contributed by atoms with Gasteiger partial charge in [-0.3, -0.25) is 24.0 Å². The third-order valence-electron chi connectivity index (χ3n) is 3.52. The summed E-state index contributed by atoms with van der Waals surface area (Å²) in [5, 5.41) is 2.20. The Morgan fingerprint density at radius 2 is 1.27 bits per heavy atom. The first-order valence-electron chi connectivity index (χ1n) is 8.40. The fourth-order valence-corrected chi connectivity index (χ4v) is 2.72. The Kier molecular flexibility index (Phi) is 9.60. The Hall–Kier alpha value is -1.82. The van der Waals surface area contributed by atoms with Gasteiger partial charge in [0, 0.05) is 27.7 Å². The van der Waals surface area contributed by atoms with E-state index in [-0.39, 0.29) is 0 Å². The molecule has 5 atom stereocenters. The molecule has 1 aliphatic heterocycles. The van der Waals surface area contributed by atoms with Crippen molar-refractivity contribution < 1.29 is 47.7 Å². The van der Waals surface area contributed by atoms with Gasteiger partial charge in [0.15, 0.2) is 24.5 Å². The minimum atomic E-state index is -2.40. The number of hydrogen-bond acceptors (Lipinski definition) is 10. The van der Waals surface area contributed by atoms with E-state index >= 15 is 0 Å². The normalized spacial score (nSPS) is 26.2. The van der Waals surface area contributed by atoms with Crippen LogP contribution in [0, 0.1) is 0 Å². The summed E-state index contributed by atoms with van der Waals surface area (Å²) in [5.74, 6) is -4.29. The monoisotopic (exact) mass is 491 g/mol. The second-order valence-corrected chi connectivity index (χ2v) is 8.37. The van der Waals surface area contributed by atoms with Crippen molar-refractivity contribution in [2.24, 2.45) is 0 Å². The van der Waals surface area contributed by atoms with E-state index in [4.69, 9.17) is 58.5 Å². The summed E-state index contributed by atoms with van der Waals surface area (Å²) in [6, 6.07) is 0. The predicted molar refractivity (Wildman–Crippen MR) is 100 cm³/mol. The van der Waals surface area contributed by atoms with E-state index in [9.17, 15) is 24.0 Å². The van der Waals surface area contributed by atoms with Gasteiger partial charge in [-0.25, -0.2) is 0 Å². The number of esters is 4. The summed E-state index contributed by atoms with van der Waals surface area (Å²) in [6.45, 7) is 3.84. The van der Waals surface area contributed by atoms with Crippen LogP contribution in [0.1, 0.15) is 27.7 Å². The van der Waals surface area contributed by atoms with Crippen LogP contribution < -0.4 is 5.32 Å². The highest BCUT2D eigenvalue weighted by molar-refractivity contribution is 6.76. The van der Waals surface area contributed by atoms with Crippen LogP contribution in [-0.4, -0.2) is 70.8 Å². The maximum Gasteiger partial charge on any atom is 0.303 e. The Labute approximate surface area is 186 Å². The maximum atomic E-state index is 12.1. The summed E-state index contributed by atoms with van der Waals surface area (Å²) < 4.78 is 23.6. The largest absolute Gasteiger partial charge is 0.463 e. The highest BCUT2D eigenvalue weighted by atomic mass is 35.6. The van der Waals surface area contributed by atoms with Crippen molar-refractivity contribution in [3.63, 3.8) is 0 Å². The van der Waals surface area contributed by atoms with Gasteiger partial charge in [-0.05, 0) is 0 Å². The third kappa shape index (κ3) is 8.13. The molecule has 1 rings (SSSR count). The molecule has 0 aromatic carbocycles. The van der Waals surface area contributed by atoms with Gasteiger partial charge in [-0.15, -0.1) is 0 Å². The summed E-state index contributed by atoms with van der Waals surface area (Å²) in [6.07, 6.45) is -7.08. The van der Waals surface area contributed by atoms with Crippen LogP contribution in [-0.2, 0) is 47.7 Å². The zero-order valence-electron chi connectivity index (χ0n) is 16.3. The van der Waals surface area contributed by atoms with Crippen molar-refractivity contribution in [1.82, 2.24) is 5.32 Å². The predicted octanol–water partition coefficient (Wildman–Crippen LogP) is 0.556. The number of nitrogens with one attached hydrogen (secondary N) is 1. The number of amides is 1. The molecule has 1 heterocycles. The molecule has 1 aliphatic rings. The molecule has 0 radical (unpaired) electrons. The molecule has 1 amide bonds. The van der Waals surface area contributed by atoms with Crippen LogP contribution in [0.4, 0.5) is 0 Å². The highest BCUT2D eigenvalue weighted by Gasteiger charge is 2.53. The van der Waals surface area contributed by atoms with Gasteiger partial charge in [0.2, 0.25) is 0 Å². The summed E-state index contributed by atoms with van der Waals surface area (Å²) in [4.78, 5) is 58.2. The molecule has 1 fully saturated rings. The van der Waals surface area contributed by atoms with Crippen molar-refractivity contribution in [3.8, 4) is 0 Å². The SMILES string of the molecule is CC(=O)OC[C@H]1O[C@H](NC(=O)C(Cl)(Cl)Cl)[C@H](OC(C)=O)[C@@H](OC(C)=O)[C@@H]1OC(C)=O. The third-order valence-corrected chi connectivity index (χ3v) is 4.04. The smallest absolute Gasteiger partial charge is 0.303 e. The standard InChI is InChI=1S/C16H20Cl3NO10/c1-6(21)26-5-10-11(27-7(2)22)12(28-8(3)23)13(29-9(4)24)14(30-10)20-15(25)16(17,18)19/h10-14H,5H2,1-4H3,(H,20,25)/t10-,11-,12+,13-,14+/m1/s1. The second-order valence-electron chi connectivity index (χ2n) is 6.09. The molecule has 14 heteroatoms. The first-order valence-corrected chi connectivity index (χ1v) is 9.54. The average molecular weight is 493 g/mol. The zero-order chi connectivity index (χ0) is 23.2. The van der Waals surface area contributed by atoms with Crippen LogP contribution in [0.25, 0.3) is 0 Å². The summed E-state index contributed by atoms with van der Waals surface area (Å²) in [7, 11) is 0. The lowest BCUT2D eigenvalue weighted by Crippen LogP contribution is -2.66. The molecular weight excluding hydrogens is 473 g/mol. The lowest BCUT2D eigenvalue weighted by molar-refractivity contribution is -0.256. The zero-order valence-corrected chi connectivity index (χ0v) is 18.6. The van der Waals surface area contributed by atoms with Crippen LogP contribution in [0.3, 0.4) is 0 Å². The van der Waals surface area contributed by atoms with E-state index in [1.807, 2.05) is 0 Å². The van der Waals surface area contributed by atoms with E-state index < -0.39 is 70.8 Å². The molecule has 0 spiro atoms. The maximum absolute atomic E-state index is 12.1. The van der Waals surface area contributed by atoms with Crippen LogP contribution in [0.2, 0.25) is 0 Å². The number of hydrogen-bond donors (Lipinski definition) is 1. The van der Waals surface area contributed by atoms with Crippen molar-refractivity contribution >= 4 is 64.6 Å². The first kappa shape index (κ1) is 26.2. The second kappa shape index (κ2) is 11.0. The van der Waals surface area contributed by atoms with Crippen LogP contribution in [0.5, 0.6) is 0 Å². The van der Waals surface area contributed by atoms with Crippen molar-refractivity contribution in [2.45, 2.75) is 62.1 Å². The van der Waals surface area contributed by atoms with E-state index in [0.717, 1.165) is 27.7 Å². The van der Waals surface area contributed by atoms with Gasteiger partial charge in [0.05, 0.1) is 0 Å². The minimum absolute atomic E-state index is 0.460. The Bertz CT molecular complexity index is 695. The number of halogens is 3. The number of carbonyl (C=O) groups excluding carboxylic acids is 5. The van der Waals surface area contributed by atoms with Crippen molar-refractivity contribution in [3.05, 3.63) is 0 Å². The quantitative estimate of drug-likeness (QED) is 0.317. The lowest BCUT2D eigenvalue weighted by Gasteiger charge is -2.44. The molecule has 170 valence electrons. The van der Waals surface area contributed by atoms with E-state index in [1.54, 1.807) is 0 Å². The molecule has 30 heavy (non-hydrogen) atoms. The van der Waals surface area contributed by atoms with Gasteiger partial charge in [0.1, 0.15) is 12.7 Å². The molecule has 0 unspecified atom stereocenters. The molecule has 1 N–H and O–H groups in total. The molecule has 11 nitrogen and oxygen atoms in total.